The van der Waals surface area contributed by atoms with Crippen LogP contribution >= 0.6 is 0 Å². The zero-order valence-corrected chi connectivity index (χ0v) is 10.0. The largest absolute Gasteiger partial charge is 0.356 e. The summed E-state index contributed by atoms with van der Waals surface area (Å²) in [4.78, 5) is 6.91. The molecule has 0 aromatic carbocycles. The fourth-order valence-electron chi connectivity index (χ4n) is 2.31. The Kier molecular flexibility index (Phi) is 3.78. The smallest absolute Gasteiger partial charge is 0.133 e. The Balaban J connectivity index is 2.23. The van der Waals surface area contributed by atoms with E-state index in [1.807, 2.05) is 19.2 Å². The lowest BCUT2D eigenvalue weighted by Crippen LogP contribution is -2.27. The number of rotatable bonds is 2. The van der Waals surface area contributed by atoms with Crippen LogP contribution in [0.5, 0.6) is 0 Å². The maximum atomic E-state index is 5.99. The third kappa shape index (κ3) is 2.53. The number of hydrogen-bond acceptors (Lipinski definition) is 3. The second kappa shape index (κ2) is 5.30. The summed E-state index contributed by atoms with van der Waals surface area (Å²) in [6, 6.07) is 4.13. The molecule has 2 rings (SSSR count). The van der Waals surface area contributed by atoms with Crippen LogP contribution in [0.15, 0.2) is 18.3 Å². The van der Waals surface area contributed by atoms with Crippen molar-refractivity contribution in [3.63, 3.8) is 0 Å². The first-order valence-corrected chi connectivity index (χ1v) is 6.24. The summed E-state index contributed by atoms with van der Waals surface area (Å²) in [6.45, 7) is 4.27. The minimum atomic E-state index is 0.0620. The number of anilines is 1. The van der Waals surface area contributed by atoms with Crippen molar-refractivity contribution in [2.24, 2.45) is 5.73 Å². The highest BCUT2D eigenvalue weighted by Crippen LogP contribution is 2.24. The molecule has 2 heterocycles. The van der Waals surface area contributed by atoms with Gasteiger partial charge in [0.1, 0.15) is 5.82 Å². The first-order chi connectivity index (χ1) is 7.79. The molecule has 2 N–H and O–H groups in total. The molecule has 0 unspecified atom stereocenters. The second-order valence-corrected chi connectivity index (χ2v) is 4.61. The predicted molar refractivity (Wildman–Crippen MR) is 67.5 cm³/mol. The van der Waals surface area contributed by atoms with Gasteiger partial charge in [-0.2, -0.15) is 0 Å². The highest BCUT2D eigenvalue weighted by Gasteiger charge is 2.15. The van der Waals surface area contributed by atoms with Gasteiger partial charge in [0.25, 0.3) is 0 Å². The Morgan fingerprint density at radius 2 is 1.94 bits per heavy atom. The quantitative estimate of drug-likeness (QED) is 0.831. The van der Waals surface area contributed by atoms with Crippen LogP contribution in [0, 0.1) is 0 Å². The summed E-state index contributed by atoms with van der Waals surface area (Å²) in [5.41, 5.74) is 7.16. The second-order valence-electron chi connectivity index (χ2n) is 4.61. The Bertz CT molecular complexity index is 328. The summed E-state index contributed by atoms with van der Waals surface area (Å²) in [6.07, 6.45) is 7.10. The first-order valence-electron chi connectivity index (χ1n) is 6.24. The van der Waals surface area contributed by atoms with Gasteiger partial charge in [0.05, 0.1) is 0 Å². The topological polar surface area (TPSA) is 42.1 Å². The van der Waals surface area contributed by atoms with E-state index >= 15 is 0 Å². The maximum absolute atomic E-state index is 5.99. The Morgan fingerprint density at radius 1 is 1.25 bits per heavy atom. The summed E-state index contributed by atoms with van der Waals surface area (Å²) < 4.78 is 0. The van der Waals surface area contributed by atoms with Gasteiger partial charge in [0.15, 0.2) is 0 Å². The maximum Gasteiger partial charge on any atom is 0.133 e. The van der Waals surface area contributed by atoms with E-state index in [1.54, 1.807) is 0 Å². The van der Waals surface area contributed by atoms with E-state index in [0.717, 1.165) is 18.9 Å². The summed E-state index contributed by atoms with van der Waals surface area (Å²) in [5, 5.41) is 0. The van der Waals surface area contributed by atoms with Crippen LogP contribution in [0.3, 0.4) is 0 Å². The standard InChI is InChI=1S/C13H21N3/c1-11(14)12-7-6-8-15-13(12)16-9-4-2-3-5-10-16/h6-8,11H,2-5,9-10,14H2,1H3/t11-/m1/s1. The monoisotopic (exact) mass is 219 g/mol. The number of aromatic nitrogens is 1. The highest BCUT2D eigenvalue weighted by molar-refractivity contribution is 5.48. The van der Waals surface area contributed by atoms with Crippen LogP contribution in [0.25, 0.3) is 0 Å². The molecule has 0 saturated carbocycles. The van der Waals surface area contributed by atoms with Crippen molar-refractivity contribution >= 4 is 5.82 Å². The lowest BCUT2D eigenvalue weighted by molar-refractivity contribution is 0.726. The molecule has 3 nitrogen and oxygen atoms in total. The molecule has 0 radical (unpaired) electrons. The molecule has 1 aromatic heterocycles. The fraction of sp³-hybridized carbons (Fsp3) is 0.615. The molecular formula is C13H21N3. The predicted octanol–water partition coefficient (Wildman–Crippen LogP) is 2.48. The van der Waals surface area contributed by atoms with Crippen molar-refractivity contribution in [2.75, 3.05) is 18.0 Å². The number of hydrogen-bond donors (Lipinski definition) is 1. The molecule has 0 spiro atoms. The van der Waals surface area contributed by atoms with Crippen molar-refractivity contribution in [1.82, 2.24) is 4.98 Å². The lowest BCUT2D eigenvalue weighted by atomic mass is 10.1. The Morgan fingerprint density at radius 3 is 2.56 bits per heavy atom. The Hall–Kier alpha value is -1.09. The van der Waals surface area contributed by atoms with Crippen molar-refractivity contribution < 1.29 is 0 Å². The third-order valence-electron chi connectivity index (χ3n) is 3.21. The number of pyridine rings is 1. The minimum absolute atomic E-state index is 0.0620. The van der Waals surface area contributed by atoms with E-state index in [9.17, 15) is 0 Å². The normalized spacial score (nSPS) is 19.2. The molecule has 1 aliphatic rings. The van der Waals surface area contributed by atoms with Crippen molar-refractivity contribution in [3.05, 3.63) is 23.9 Å². The van der Waals surface area contributed by atoms with Crippen LogP contribution in [-0.2, 0) is 0 Å². The van der Waals surface area contributed by atoms with Gasteiger partial charge in [-0.1, -0.05) is 18.9 Å². The van der Waals surface area contributed by atoms with Gasteiger partial charge in [0, 0.05) is 30.9 Å². The van der Waals surface area contributed by atoms with Gasteiger partial charge in [-0.3, -0.25) is 0 Å². The van der Waals surface area contributed by atoms with E-state index < -0.39 is 0 Å². The molecule has 1 saturated heterocycles. The van der Waals surface area contributed by atoms with E-state index in [2.05, 4.69) is 16.0 Å². The fourth-order valence-corrected chi connectivity index (χ4v) is 2.31. The number of nitrogens with two attached hydrogens (primary N) is 1. The molecular weight excluding hydrogens is 198 g/mol. The molecule has 0 amide bonds. The van der Waals surface area contributed by atoms with Gasteiger partial charge in [0.2, 0.25) is 0 Å². The van der Waals surface area contributed by atoms with Crippen LogP contribution in [0.2, 0.25) is 0 Å². The highest BCUT2D eigenvalue weighted by atomic mass is 15.2. The zero-order valence-electron chi connectivity index (χ0n) is 10.0. The van der Waals surface area contributed by atoms with Gasteiger partial charge in [-0.25, -0.2) is 4.98 Å². The van der Waals surface area contributed by atoms with Crippen LogP contribution in [0.4, 0.5) is 5.82 Å². The first kappa shape index (κ1) is 11.4. The molecule has 88 valence electrons. The molecule has 1 atom stereocenters. The van der Waals surface area contributed by atoms with Crippen LogP contribution in [0.1, 0.15) is 44.2 Å². The van der Waals surface area contributed by atoms with Gasteiger partial charge in [-0.15, -0.1) is 0 Å². The van der Waals surface area contributed by atoms with Gasteiger partial charge in [-0.05, 0) is 25.8 Å². The molecule has 1 fully saturated rings. The lowest BCUT2D eigenvalue weighted by Gasteiger charge is -2.25. The summed E-state index contributed by atoms with van der Waals surface area (Å²) in [5.74, 6) is 1.10. The van der Waals surface area contributed by atoms with Gasteiger partial charge >= 0.3 is 0 Å². The molecule has 1 aliphatic heterocycles. The number of nitrogens with zero attached hydrogens (tertiary/aromatic N) is 2. The van der Waals surface area contributed by atoms with Crippen molar-refractivity contribution in [2.45, 2.75) is 38.6 Å². The van der Waals surface area contributed by atoms with Crippen LogP contribution < -0.4 is 10.6 Å². The molecule has 16 heavy (non-hydrogen) atoms. The van der Waals surface area contributed by atoms with E-state index in [1.165, 1.54) is 31.2 Å². The molecule has 0 bridgehead atoms. The average molecular weight is 219 g/mol. The Labute approximate surface area is 97.7 Å². The van der Waals surface area contributed by atoms with Crippen molar-refractivity contribution in [1.29, 1.82) is 0 Å². The molecule has 0 aliphatic carbocycles. The van der Waals surface area contributed by atoms with E-state index in [4.69, 9.17) is 5.73 Å². The SMILES string of the molecule is C[C@@H](N)c1cccnc1N1CCCCCC1. The zero-order chi connectivity index (χ0) is 11.4. The minimum Gasteiger partial charge on any atom is -0.356 e. The van der Waals surface area contributed by atoms with E-state index in [-0.39, 0.29) is 6.04 Å². The summed E-state index contributed by atoms with van der Waals surface area (Å²) >= 11 is 0. The molecule has 1 aromatic rings. The average Bonchev–Trinajstić information content (AvgIpc) is 2.57. The molecule has 3 heteroatoms. The van der Waals surface area contributed by atoms with Gasteiger partial charge < -0.3 is 10.6 Å². The summed E-state index contributed by atoms with van der Waals surface area (Å²) in [7, 11) is 0. The van der Waals surface area contributed by atoms with Crippen LogP contribution in [-0.4, -0.2) is 18.1 Å². The third-order valence-corrected chi connectivity index (χ3v) is 3.21. The van der Waals surface area contributed by atoms with Crippen molar-refractivity contribution in [3.8, 4) is 0 Å². The van der Waals surface area contributed by atoms with E-state index in [0.29, 0.717) is 0 Å².